The molecule has 0 aliphatic carbocycles. The van der Waals surface area contributed by atoms with Gasteiger partial charge in [-0.1, -0.05) is 18.2 Å². The van der Waals surface area contributed by atoms with Gasteiger partial charge < -0.3 is 0 Å². The number of carbonyl (C=O) groups is 1. The van der Waals surface area contributed by atoms with Crippen LogP contribution in [0.5, 0.6) is 0 Å². The van der Waals surface area contributed by atoms with E-state index in [-0.39, 0.29) is 24.1 Å². The Labute approximate surface area is 107 Å². The monoisotopic (exact) mass is 269 g/mol. The Hall–Kier alpha value is -2.07. The average molecular weight is 269 g/mol. The molecule has 0 aromatic heterocycles. The number of nitrogens with zero attached hydrogens (tertiary/aromatic N) is 2. The van der Waals surface area contributed by atoms with Crippen molar-refractivity contribution >= 4 is 5.91 Å². The van der Waals surface area contributed by atoms with Gasteiger partial charge in [-0.25, -0.2) is 5.01 Å². The van der Waals surface area contributed by atoms with Crippen LogP contribution >= 0.6 is 0 Å². The molecule has 100 valence electrons. The quantitative estimate of drug-likeness (QED) is 0.892. The molecular formula is C12H10F3N3O. The Balaban J connectivity index is 2.44. The number of hydrazine groups is 1. The van der Waals surface area contributed by atoms with Crippen LogP contribution in [0.1, 0.15) is 23.6 Å². The van der Waals surface area contributed by atoms with Crippen LogP contribution in [-0.2, 0) is 4.79 Å². The summed E-state index contributed by atoms with van der Waals surface area (Å²) in [4.78, 5) is 11.1. The minimum Gasteiger partial charge on any atom is -0.288 e. The zero-order valence-corrected chi connectivity index (χ0v) is 9.74. The first-order valence-electron chi connectivity index (χ1n) is 5.55. The number of halogens is 3. The van der Waals surface area contributed by atoms with Crippen molar-refractivity contribution in [2.24, 2.45) is 0 Å². The highest BCUT2D eigenvalue weighted by molar-refractivity contribution is 5.77. The number of rotatable bonds is 2. The maximum atomic E-state index is 13.2. The number of amides is 1. The molecule has 1 heterocycles. The van der Waals surface area contributed by atoms with Crippen LogP contribution in [0.3, 0.4) is 0 Å². The van der Waals surface area contributed by atoms with E-state index in [0.717, 1.165) is 5.01 Å². The Bertz CT molecular complexity index is 536. The number of alkyl halides is 3. The van der Waals surface area contributed by atoms with Gasteiger partial charge in [0.25, 0.3) is 0 Å². The molecular weight excluding hydrogens is 259 g/mol. The largest absolute Gasteiger partial charge is 0.409 e. The van der Waals surface area contributed by atoms with Crippen LogP contribution in [0.25, 0.3) is 0 Å². The van der Waals surface area contributed by atoms with Crippen molar-refractivity contribution in [1.29, 1.82) is 5.26 Å². The Morgan fingerprint density at radius 1 is 1.37 bits per heavy atom. The number of benzene rings is 1. The van der Waals surface area contributed by atoms with Crippen LogP contribution in [0.15, 0.2) is 24.3 Å². The van der Waals surface area contributed by atoms with Crippen molar-refractivity contribution in [3.63, 3.8) is 0 Å². The minimum atomic E-state index is -4.58. The van der Waals surface area contributed by atoms with Crippen LogP contribution in [0.4, 0.5) is 13.2 Å². The van der Waals surface area contributed by atoms with Gasteiger partial charge in [0.15, 0.2) is 6.04 Å². The van der Waals surface area contributed by atoms with Gasteiger partial charge in [0.05, 0.1) is 11.6 Å². The Morgan fingerprint density at radius 3 is 2.58 bits per heavy atom. The lowest BCUT2D eigenvalue weighted by Crippen LogP contribution is -2.43. The minimum absolute atomic E-state index is 0.0152. The van der Waals surface area contributed by atoms with E-state index >= 15 is 0 Å². The van der Waals surface area contributed by atoms with E-state index in [4.69, 9.17) is 5.26 Å². The summed E-state index contributed by atoms with van der Waals surface area (Å²) >= 11 is 0. The molecule has 1 saturated heterocycles. The second-order valence-electron chi connectivity index (χ2n) is 4.12. The molecule has 1 N–H and O–H groups in total. The molecule has 0 bridgehead atoms. The molecule has 0 saturated carbocycles. The molecule has 1 atom stereocenters. The van der Waals surface area contributed by atoms with Crippen molar-refractivity contribution in [3.8, 4) is 6.07 Å². The molecule has 1 amide bonds. The molecule has 1 fully saturated rings. The third-order valence-electron chi connectivity index (χ3n) is 2.85. The fraction of sp³-hybridized carbons (Fsp3) is 0.333. The van der Waals surface area contributed by atoms with E-state index in [1.165, 1.54) is 24.3 Å². The summed E-state index contributed by atoms with van der Waals surface area (Å²) in [5.41, 5.74) is 1.97. The van der Waals surface area contributed by atoms with Crippen molar-refractivity contribution < 1.29 is 18.0 Å². The number of hydrogen-bond acceptors (Lipinski definition) is 3. The summed E-state index contributed by atoms with van der Waals surface area (Å²) < 4.78 is 39.6. The van der Waals surface area contributed by atoms with E-state index in [9.17, 15) is 18.0 Å². The van der Waals surface area contributed by atoms with Crippen molar-refractivity contribution in [2.45, 2.75) is 18.6 Å². The van der Waals surface area contributed by atoms with Crippen LogP contribution in [0, 0.1) is 11.3 Å². The zero-order chi connectivity index (χ0) is 14.0. The van der Waals surface area contributed by atoms with Gasteiger partial charge in [0.1, 0.15) is 0 Å². The number of nitrogens with one attached hydrogen (secondary N) is 1. The molecule has 0 radical (unpaired) electrons. The second-order valence-corrected chi connectivity index (χ2v) is 4.12. The molecule has 1 aromatic rings. The van der Waals surface area contributed by atoms with E-state index in [2.05, 4.69) is 5.43 Å². The lowest BCUT2D eigenvalue weighted by atomic mass is 10.00. The van der Waals surface area contributed by atoms with Gasteiger partial charge in [0.2, 0.25) is 5.91 Å². The van der Waals surface area contributed by atoms with Crippen molar-refractivity contribution in [3.05, 3.63) is 35.4 Å². The highest BCUT2D eigenvalue weighted by Gasteiger charge is 2.47. The predicted octanol–water partition coefficient (Wildman–Crippen LogP) is 1.90. The molecule has 1 aliphatic rings. The van der Waals surface area contributed by atoms with E-state index in [1.54, 1.807) is 6.07 Å². The van der Waals surface area contributed by atoms with Gasteiger partial charge >= 0.3 is 6.18 Å². The molecule has 0 spiro atoms. The molecule has 0 unspecified atom stereocenters. The highest BCUT2D eigenvalue weighted by Crippen LogP contribution is 2.39. The number of hydrogen-bond donors (Lipinski definition) is 1. The topological polar surface area (TPSA) is 56.1 Å². The fourth-order valence-electron chi connectivity index (χ4n) is 2.05. The number of carbonyl (C=O) groups excluding carboxylic acids is 1. The Morgan fingerprint density at radius 2 is 2.05 bits per heavy atom. The zero-order valence-electron chi connectivity index (χ0n) is 9.74. The Kier molecular flexibility index (Phi) is 3.44. The summed E-state index contributed by atoms with van der Waals surface area (Å²) in [7, 11) is 0. The van der Waals surface area contributed by atoms with Crippen molar-refractivity contribution in [1.82, 2.24) is 10.4 Å². The van der Waals surface area contributed by atoms with Crippen LogP contribution in [-0.4, -0.2) is 23.6 Å². The van der Waals surface area contributed by atoms with Gasteiger partial charge in [-0.15, -0.1) is 0 Å². The first-order chi connectivity index (χ1) is 8.93. The van der Waals surface area contributed by atoms with Crippen LogP contribution < -0.4 is 5.43 Å². The lowest BCUT2D eigenvalue weighted by molar-refractivity contribution is -0.191. The van der Waals surface area contributed by atoms with Gasteiger partial charge in [-0.2, -0.15) is 18.4 Å². The normalized spacial score (nSPS) is 17.9. The van der Waals surface area contributed by atoms with Crippen molar-refractivity contribution in [2.75, 3.05) is 6.54 Å². The fourth-order valence-corrected chi connectivity index (χ4v) is 2.05. The molecule has 7 heteroatoms. The van der Waals surface area contributed by atoms with Gasteiger partial charge in [-0.3, -0.25) is 10.2 Å². The third kappa shape index (κ3) is 2.69. The second kappa shape index (κ2) is 4.90. The smallest absolute Gasteiger partial charge is 0.288 e. The first-order valence-corrected chi connectivity index (χ1v) is 5.55. The van der Waals surface area contributed by atoms with Gasteiger partial charge in [-0.05, 0) is 11.6 Å². The highest BCUT2D eigenvalue weighted by atomic mass is 19.4. The summed E-state index contributed by atoms with van der Waals surface area (Å²) in [6.07, 6.45) is -4.56. The lowest BCUT2D eigenvalue weighted by Gasteiger charge is -2.29. The maximum Gasteiger partial charge on any atom is 0.409 e. The molecule has 1 aliphatic heterocycles. The summed E-state index contributed by atoms with van der Waals surface area (Å²) in [5.74, 6) is -0.455. The SMILES string of the molecule is N#Cc1ccccc1[C@H](N1CCC(=O)N1)C(F)(F)F. The number of nitriles is 1. The molecule has 2 rings (SSSR count). The van der Waals surface area contributed by atoms with Crippen LogP contribution in [0.2, 0.25) is 0 Å². The molecule has 4 nitrogen and oxygen atoms in total. The summed E-state index contributed by atoms with van der Waals surface area (Å²) in [5, 5.41) is 9.74. The summed E-state index contributed by atoms with van der Waals surface area (Å²) in [6, 6.07) is 5.25. The van der Waals surface area contributed by atoms with Gasteiger partial charge in [0, 0.05) is 13.0 Å². The van der Waals surface area contributed by atoms with E-state index in [1.807, 2.05) is 0 Å². The first kappa shape index (κ1) is 13.4. The molecule has 1 aromatic carbocycles. The average Bonchev–Trinajstić information content (AvgIpc) is 2.74. The van der Waals surface area contributed by atoms with E-state index < -0.39 is 18.1 Å². The summed E-state index contributed by atoms with van der Waals surface area (Å²) in [6.45, 7) is -0.0389. The maximum absolute atomic E-state index is 13.2. The van der Waals surface area contributed by atoms with E-state index in [0.29, 0.717) is 0 Å². The standard InChI is InChI=1S/C12H10F3N3O/c13-12(14,15)11(18-6-5-10(19)17-18)9-4-2-1-3-8(9)7-16/h1-4,11H,5-6H2,(H,17,19)/t11-/m0/s1. The molecule has 19 heavy (non-hydrogen) atoms. The third-order valence-corrected chi connectivity index (χ3v) is 2.85. The predicted molar refractivity (Wildman–Crippen MR) is 59.4 cm³/mol.